The summed E-state index contributed by atoms with van der Waals surface area (Å²) < 4.78 is 14.1. The monoisotopic (exact) mass is 375 g/mol. The predicted molar refractivity (Wildman–Crippen MR) is 104 cm³/mol. The maximum Gasteiger partial charge on any atom is 0.317 e. The number of halogens is 1. The number of rotatable bonds is 5. The first-order valence-electron chi connectivity index (χ1n) is 8.65. The first kappa shape index (κ1) is 19.2. The van der Waals surface area contributed by atoms with Crippen LogP contribution in [0.2, 0.25) is 0 Å². The Morgan fingerprint density at radius 2 is 1.89 bits per heavy atom. The maximum atomic E-state index is 14.1. The number of aliphatic carboxylic acids is 1. The summed E-state index contributed by atoms with van der Waals surface area (Å²) in [6, 6.07) is 15.9. The lowest BCUT2D eigenvalue weighted by atomic mass is 9.96. The molecule has 0 aliphatic carbocycles. The molecule has 6 heteroatoms. The Kier molecular flexibility index (Phi) is 6.10. The van der Waals surface area contributed by atoms with Crippen molar-refractivity contribution in [3.05, 3.63) is 82.9 Å². The van der Waals surface area contributed by atoms with Gasteiger partial charge in [-0.3, -0.25) is 4.79 Å². The van der Waals surface area contributed by atoms with Crippen molar-refractivity contribution in [1.82, 2.24) is 15.5 Å². The van der Waals surface area contributed by atoms with E-state index in [1.807, 2.05) is 37.3 Å². The fourth-order valence-corrected chi connectivity index (χ4v) is 2.68. The van der Waals surface area contributed by atoms with Crippen LogP contribution in [0.4, 0.5) is 4.39 Å². The molecule has 0 aliphatic rings. The SMILES string of the molecule is Cc1c(C#Cc2ccc(CNCC(=O)O)nn2)cc(F)cc1-c1ccccc1. The van der Waals surface area contributed by atoms with E-state index in [1.54, 1.807) is 12.1 Å². The van der Waals surface area contributed by atoms with Gasteiger partial charge in [0, 0.05) is 12.1 Å². The Bertz CT molecular complexity index is 1040. The first-order valence-corrected chi connectivity index (χ1v) is 8.65. The molecular weight excluding hydrogens is 357 g/mol. The largest absolute Gasteiger partial charge is 0.480 e. The van der Waals surface area contributed by atoms with Gasteiger partial charge in [0.15, 0.2) is 0 Å². The van der Waals surface area contributed by atoms with Crippen LogP contribution in [0.25, 0.3) is 11.1 Å². The Morgan fingerprint density at radius 3 is 2.57 bits per heavy atom. The minimum absolute atomic E-state index is 0.147. The number of carbonyl (C=O) groups is 1. The van der Waals surface area contributed by atoms with E-state index in [4.69, 9.17) is 5.11 Å². The lowest BCUT2D eigenvalue weighted by Crippen LogP contribution is -2.22. The highest BCUT2D eigenvalue weighted by atomic mass is 19.1. The van der Waals surface area contributed by atoms with Crippen molar-refractivity contribution in [3.8, 4) is 23.0 Å². The molecule has 2 N–H and O–H groups in total. The van der Waals surface area contributed by atoms with Gasteiger partial charge in [-0.05, 0) is 53.8 Å². The number of benzene rings is 2. The molecule has 1 heterocycles. The molecule has 0 fully saturated rings. The summed E-state index contributed by atoms with van der Waals surface area (Å²) in [6.07, 6.45) is 0. The van der Waals surface area contributed by atoms with Crippen molar-refractivity contribution >= 4 is 5.97 Å². The Morgan fingerprint density at radius 1 is 1.11 bits per heavy atom. The Hall–Kier alpha value is -3.56. The van der Waals surface area contributed by atoms with E-state index in [0.29, 0.717) is 23.5 Å². The van der Waals surface area contributed by atoms with Gasteiger partial charge in [0.05, 0.1) is 12.2 Å². The lowest BCUT2D eigenvalue weighted by Gasteiger charge is -2.08. The van der Waals surface area contributed by atoms with E-state index in [2.05, 4.69) is 27.4 Å². The van der Waals surface area contributed by atoms with E-state index in [9.17, 15) is 9.18 Å². The van der Waals surface area contributed by atoms with Crippen molar-refractivity contribution in [2.24, 2.45) is 0 Å². The van der Waals surface area contributed by atoms with Crippen molar-refractivity contribution in [1.29, 1.82) is 0 Å². The van der Waals surface area contributed by atoms with Crippen molar-refractivity contribution in [2.45, 2.75) is 13.5 Å². The molecule has 0 atom stereocenters. The third-order valence-electron chi connectivity index (χ3n) is 4.08. The second-order valence-corrected chi connectivity index (χ2v) is 6.15. The second-order valence-electron chi connectivity index (χ2n) is 6.15. The number of carboxylic acids is 1. The number of hydrogen-bond donors (Lipinski definition) is 2. The van der Waals surface area contributed by atoms with Gasteiger partial charge in [-0.2, -0.15) is 5.10 Å². The molecule has 0 amide bonds. The third kappa shape index (κ3) is 5.00. The van der Waals surface area contributed by atoms with Crippen molar-refractivity contribution < 1.29 is 14.3 Å². The van der Waals surface area contributed by atoms with Gasteiger partial charge in [0.25, 0.3) is 0 Å². The highest BCUT2D eigenvalue weighted by Gasteiger charge is 2.08. The summed E-state index contributed by atoms with van der Waals surface area (Å²) in [5.74, 6) is 4.59. The van der Waals surface area contributed by atoms with E-state index >= 15 is 0 Å². The second kappa shape index (κ2) is 8.89. The molecular formula is C22H18FN3O2. The van der Waals surface area contributed by atoms with Crippen LogP contribution in [-0.4, -0.2) is 27.8 Å². The van der Waals surface area contributed by atoms with Crippen LogP contribution in [0.3, 0.4) is 0 Å². The van der Waals surface area contributed by atoms with Gasteiger partial charge >= 0.3 is 5.97 Å². The molecule has 0 bridgehead atoms. The molecule has 0 radical (unpaired) electrons. The van der Waals surface area contributed by atoms with Crippen LogP contribution < -0.4 is 5.32 Å². The fraction of sp³-hybridized carbons (Fsp3) is 0.136. The van der Waals surface area contributed by atoms with Crippen LogP contribution in [0, 0.1) is 24.6 Å². The van der Waals surface area contributed by atoms with Crippen molar-refractivity contribution in [3.63, 3.8) is 0 Å². The molecule has 28 heavy (non-hydrogen) atoms. The number of aromatic nitrogens is 2. The van der Waals surface area contributed by atoms with Crippen LogP contribution in [0.15, 0.2) is 54.6 Å². The summed E-state index contributed by atoms with van der Waals surface area (Å²) in [7, 11) is 0. The Labute approximate surface area is 162 Å². The van der Waals surface area contributed by atoms with Crippen LogP contribution in [0.5, 0.6) is 0 Å². The minimum Gasteiger partial charge on any atom is -0.480 e. The molecule has 0 saturated carbocycles. The molecule has 0 aliphatic heterocycles. The zero-order valence-corrected chi connectivity index (χ0v) is 15.2. The lowest BCUT2D eigenvalue weighted by molar-refractivity contribution is -0.136. The van der Waals surface area contributed by atoms with E-state index in [1.165, 1.54) is 12.1 Å². The zero-order valence-electron chi connectivity index (χ0n) is 15.2. The highest BCUT2D eigenvalue weighted by molar-refractivity contribution is 5.70. The van der Waals surface area contributed by atoms with Crippen molar-refractivity contribution in [2.75, 3.05) is 6.54 Å². The topological polar surface area (TPSA) is 75.1 Å². The smallest absolute Gasteiger partial charge is 0.317 e. The summed E-state index contributed by atoms with van der Waals surface area (Å²) >= 11 is 0. The average Bonchev–Trinajstić information content (AvgIpc) is 2.70. The molecule has 3 rings (SSSR count). The standard InChI is InChI=1S/C22H18FN3O2/c1-15-17(11-18(23)12-21(15)16-5-3-2-4-6-16)7-8-19-9-10-20(26-25-19)13-24-14-22(27)28/h2-6,9-12,24H,13-14H2,1H3,(H,27,28). The van der Waals surface area contributed by atoms with Gasteiger partial charge in [-0.15, -0.1) is 5.10 Å². The van der Waals surface area contributed by atoms with Gasteiger partial charge in [0.2, 0.25) is 0 Å². The summed E-state index contributed by atoms with van der Waals surface area (Å²) in [5.41, 5.74) is 4.28. The van der Waals surface area contributed by atoms with E-state index in [-0.39, 0.29) is 12.4 Å². The summed E-state index contributed by atoms with van der Waals surface area (Å²) in [6.45, 7) is 2.07. The average molecular weight is 375 g/mol. The van der Waals surface area contributed by atoms with Gasteiger partial charge in [-0.25, -0.2) is 4.39 Å². The van der Waals surface area contributed by atoms with Gasteiger partial charge in [-0.1, -0.05) is 36.3 Å². The molecule has 5 nitrogen and oxygen atoms in total. The van der Waals surface area contributed by atoms with Crippen LogP contribution in [-0.2, 0) is 11.3 Å². The quantitative estimate of drug-likeness (QED) is 0.670. The number of nitrogens with zero attached hydrogens (tertiary/aromatic N) is 2. The molecule has 1 aromatic heterocycles. The van der Waals surface area contributed by atoms with E-state index < -0.39 is 5.97 Å². The summed E-state index contributed by atoms with van der Waals surface area (Å²) in [5, 5.41) is 19.4. The van der Waals surface area contributed by atoms with Gasteiger partial charge < -0.3 is 10.4 Å². The predicted octanol–water partition coefficient (Wildman–Crippen LogP) is 3.17. The summed E-state index contributed by atoms with van der Waals surface area (Å²) in [4.78, 5) is 10.5. The minimum atomic E-state index is -0.934. The molecule has 0 spiro atoms. The normalized spacial score (nSPS) is 10.2. The first-order chi connectivity index (χ1) is 13.5. The maximum absolute atomic E-state index is 14.1. The fourth-order valence-electron chi connectivity index (χ4n) is 2.68. The van der Waals surface area contributed by atoms with Crippen LogP contribution >= 0.6 is 0 Å². The zero-order chi connectivity index (χ0) is 19.9. The molecule has 0 saturated heterocycles. The number of carboxylic acid groups (broad SMARTS) is 1. The molecule has 2 aromatic carbocycles. The number of hydrogen-bond acceptors (Lipinski definition) is 4. The molecule has 3 aromatic rings. The molecule has 0 unspecified atom stereocenters. The third-order valence-corrected chi connectivity index (χ3v) is 4.08. The van der Waals surface area contributed by atoms with E-state index in [0.717, 1.165) is 16.7 Å². The van der Waals surface area contributed by atoms with Crippen LogP contribution in [0.1, 0.15) is 22.5 Å². The molecule has 140 valence electrons. The highest BCUT2D eigenvalue weighted by Crippen LogP contribution is 2.26. The number of nitrogens with one attached hydrogen (secondary N) is 1. The Balaban J connectivity index is 1.80. The van der Waals surface area contributed by atoms with Gasteiger partial charge in [0.1, 0.15) is 11.5 Å².